The first-order valence-corrected chi connectivity index (χ1v) is 7.68. The lowest BCUT2D eigenvalue weighted by Crippen LogP contribution is -2.42. The number of piperidine rings is 1. The van der Waals surface area contributed by atoms with Crippen LogP contribution in [0.4, 0.5) is 0 Å². The smallest absolute Gasteiger partial charge is 0.231 e. The zero-order chi connectivity index (χ0) is 13.9. The Labute approximate surface area is 125 Å². The van der Waals surface area contributed by atoms with Gasteiger partial charge < -0.3 is 19.7 Å². The van der Waals surface area contributed by atoms with Crippen molar-refractivity contribution in [2.24, 2.45) is 0 Å². The highest BCUT2D eigenvalue weighted by Gasteiger charge is 2.20. The fourth-order valence-corrected chi connectivity index (χ4v) is 3.13. The number of benzene rings is 1. The molecule has 1 fully saturated rings. The second kappa shape index (κ2) is 6.20. The van der Waals surface area contributed by atoms with E-state index in [1.54, 1.807) is 0 Å². The average molecular weight is 297 g/mol. The van der Waals surface area contributed by atoms with Crippen LogP contribution in [-0.2, 0) is 6.54 Å². The molecule has 0 aromatic heterocycles. The summed E-state index contributed by atoms with van der Waals surface area (Å²) >= 11 is 6.19. The molecule has 0 amide bonds. The molecule has 0 atom stereocenters. The lowest BCUT2D eigenvalue weighted by Gasteiger charge is -2.31. The van der Waals surface area contributed by atoms with E-state index in [1.807, 2.05) is 12.1 Å². The summed E-state index contributed by atoms with van der Waals surface area (Å²) in [4.78, 5) is 2.50. The third kappa shape index (κ3) is 3.03. The summed E-state index contributed by atoms with van der Waals surface area (Å²) in [6.45, 7) is 6.85. The van der Waals surface area contributed by atoms with Crippen LogP contribution in [0.2, 0.25) is 5.02 Å². The molecule has 0 unspecified atom stereocenters. The SMILES string of the molecule is CCN1CCC(NCc2cc(Cl)c3c(c2)OCO3)CC1. The number of fused-ring (bicyclic) bond motifs is 1. The van der Waals surface area contributed by atoms with Crippen LogP contribution in [0.15, 0.2) is 12.1 Å². The van der Waals surface area contributed by atoms with Gasteiger partial charge in [0.2, 0.25) is 6.79 Å². The largest absolute Gasteiger partial charge is 0.454 e. The predicted octanol–water partition coefficient (Wildman–Crippen LogP) is 2.64. The molecule has 1 aromatic rings. The molecule has 5 heteroatoms. The predicted molar refractivity (Wildman–Crippen MR) is 79.6 cm³/mol. The summed E-state index contributed by atoms with van der Waals surface area (Å²) in [7, 11) is 0. The maximum absolute atomic E-state index is 6.19. The molecule has 20 heavy (non-hydrogen) atoms. The number of likely N-dealkylation sites (tertiary alicyclic amines) is 1. The van der Waals surface area contributed by atoms with Crippen molar-refractivity contribution in [3.63, 3.8) is 0 Å². The number of hydrogen-bond donors (Lipinski definition) is 1. The lowest BCUT2D eigenvalue weighted by molar-refractivity contribution is 0.174. The van der Waals surface area contributed by atoms with E-state index in [0.717, 1.165) is 24.4 Å². The molecule has 0 bridgehead atoms. The molecule has 3 rings (SSSR count). The molecule has 2 heterocycles. The molecular formula is C15H21ClN2O2. The van der Waals surface area contributed by atoms with Crippen molar-refractivity contribution in [2.45, 2.75) is 32.4 Å². The minimum atomic E-state index is 0.265. The molecule has 1 saturated heterocycles. The third-order valence-electron chi connectivity index (χ3n) is 4.12. The van der Waals surface area contributed by atoms with Crippen molar-refractivity contribution >= 4 is 11.6 Å². The Balaban J connectivity index is 1.55. The summed E-state index contributed by atoms with van der Waals surface area (Å²) in [5.74, 6) is 1.43. The minimum Gasteiger partial charge on any atom is -0.454 e. The Morgan fingerprint density at radius 2 is 2.10 bits per heavy atom. The van der Waals surface area contributed by atoms with Crippen LogP contribution in [-0.4, -0.2) is 37.4 Å². The third-order valence-corrected chi connectivity index (χ3v) is 4.40. The van der Waals surface area contributed by atoms with E-state index in [1.165, 1.54) is 25.9 Å². The summed E-state index contributed by atoms with van der Waals surface area (Å²) < 4.78 is 10.7. The molecule has 1 N–H and O–H groups in total. The molecule has 0 spiro atoms. The maximum Gasteiger partial charge on any atom is 0.231 e. The van der Waals surface area contributed by atoms with Gasteiger partial charge in [-0.25, -0.2) is 0 Å². The van der Waals surface area contributed by atoms with E-state index < -0.39 is 0 Å². The van der Waals surface area contributed by atoms with Crippen LogP contribution in [0.5, 0.6) is 11.5 Å². The van der Waals surface area contributed by atoms with E-state index >= 15 is 0 Å². The van der Waals surface area contributed by atoms with E-state index in [0.29, 0.717) is 16.8 Å². The van der Waals surface area contributed by atoms with Gasteiger partial charge in [0.15, 0.2) is 11.5 Å². The summed E-state index contributed by atoms with van der Waals surface area (Å²) in [5, 5.41) is 4.26. The van der Waals surface area contributed by atoms with Crippen LogP contribution in [0.25, 0.3) is 0 Å². The molecule has 2 aliphatic heterocycles. The van der Waals surface area contributed by atoms with Crippen LogP contribution in [0.1, 0.15) is 25.3 Å². The molecule has 0 radical (unpaired) electrons. The van der Waals surface area contributed by atoms with Gasteiger partial charge in [-0.15, -0.1) is 0 Å². The zero-order valence-electron chi connectivity index (χ0n) is 11.8. The van der Waals surface area contributed by atoms with Crippen molar-refractivity contribution in [1.29, 1.82) is 0 Å². The summed E-state index contributed by atoms with van der Waals surface area (Å²) in [6.07, 6.45) is 2.43. The normalized spacial score (nSPS) is 19.5. The molecule has 0 saturated carbocycles. The van der Waals surface area contributed by atoms with Gasteiger partial charge >= 0.3 is 0 Å². The Hall–Kier alpha value is -0.970. The van der Waals surface area contributed by atoms with Gasteiger partial charge in [-0.05, 0) is 50.2 Å². The quantitative estimate of drug-likeness (QED) is 0.926. The van der Waals surface area contributed by atoms with E-state index in [-0.39, 0.29) is 6.79 Å². The highest BCUT2D eigenvalue weighted by Crippen LogP contribution is 2.39. The summed E-state index contributed by atoms with van der Waals surface area (Å²) in [6, 6.07) is 4.58. The number of ether oxygens (including phenoxy) is 2. The second-order valence-corrected chi connectivity index (χ2v) is 5.81. The van der Waals surface area contributed by atoms with Gasteiger partial charge in [0, 0.05) is 12.6 Å². The monoisotopic (exact) mass is 296 g/mol. The number of nitrogens with one attached hydrogen (secondary N) is 1. The topological polar surface area (TPSA) is 33.7 Å². The van der Waals surface area contributed by atoms with Gasteiger partial charge in [-0.3, -0.25) is 0 Å². The van der Waals surface area contributed by atoms with Gasteiger partial charge in [-0.2, -0.15) is 0 Å². The Morgan fingerprint density at radius 3 is 2.85 bits per heavy atom. The van der Waals surface area contributed by atoms with Crippen molar-refractivity contribution in [1.82, 2.24) is 10.2 Å². The summed E-state index contributed by atoms with van der Waals surface area (Å²) in [5.41, 5.74) is 1.15. The number of rotatable bonds is 4. The number of hydrogen-bond acceptors (Lipinski definition) is 4. The van der Waals surface area contributed by atoms with Crippen molar-refractivity contribution in [2.75, 3.05) is 26.4 Å². The second-order valence-electron chi connectivity index (χ2n) is 5.40. The van der Waals surface area contributed by atoms with E-state index in [2.05, 4.69) is 17.1 Å². The molecule has 4 nitrogen and oxygen atoms in total. The Morgan fingerprint density at radius 1 is 1.30 bits per heavy atom. The first kappa shape index (κ1) is 14.0. The number of halogens is 1. The first-order valence-electron chi connectivity index (χ1n) is 7.30. The highest BCUT2D eigenvalue weighted by atomic mass is 35.5. The maximum atomic E-state index is 6.19. The molecule has 2 aliphatic rings. The molecule has 1 aromatic carbocycles. The van der Waals surface area contributed by atoms with Crippen LogP contribution in [0, 0.1) is 0 Å². The van der Waals surface area contributed by atoms with Crippen LogP contribution < -0.4 is 14.8 Å². The van der Waals surface area contributed by atoms with Gasteiger partial charge in [0.25, 0.3) is 0 Å². The van der Waals surface area contributed by atoms with E-state index in [4.69, 9.17) is 21.1 Å². The van der Waals surface area contributed by atoms with Crippen molar-refractivity contribution < 1.29 is 9.47 Å². The fraction of sp³-hybridized carbons (Fsp3) is 0.600. The lowest BCUT2D eigenvalue weighted by atomic mass is 10.0. The van der Waals surface area contributed by atoms with Crippen molar-refractivity contribution in [3.05, 3.63) is 22.7 Å². The molecule has 110 valence electrons. The van der Waals surface area contributed by atoms with Gasteiger partial charge in [-0.1, -0.05) is 18.5 Å². The van der Waals surface area contributed by atoms with Gasteiger partial charge in [0.05, 0.1) is 5.02 Å². The van der Waals surface area contributed by atoms with Crippen LogP contribution >= 0.6 is 11.6 Å². The van der Waals surface area contributed by atoms with Crippen LogP contribution in [0.3, 0.4) is 0 Å². The standard InChI is InChI=1S/C15H21ClN2O2/c1-2-18-5-3-12(4-6-18)17-9-11-7-13(16)15-14(8-11)19-10-20-15/h7-8,12,17H,2-6,9-10H2,1H3. The highest BCUT2D eigenvalue weighted by molar-refractivity contribution is 6.32. The van der Waals surface area contributed by atoms with Gasteiger partial charge in [0.1, 0.15) is 0 Å². The zero-order valence-corrected chi connectivity index (χ0v) is 12.6. The molecule has 0 aliphatic carbocycles. The average Bonchev–Trinajstić information content (AvgIpc) is 2.94. The minimum absolute atomic E-state index is 0.265. The Kier molecular flexibility index (Phi) is 4.34. The Bertz CT molecular complexity index is 473. The van der Waals surface area contributed by atoms with Crippen molar-refractivity contribution in [3.8, 4) is 11.5 Å². The number of nitrogens with zero attached hydrogens (tertiary/aromatic N) is 1. The molecular weight excluding hydrogens is 276 g/mol. The fourth-order valence-electron chi connectivity index (χ4n) is 2.84. The first-order chi connectivity index (χ1) is 9.76. The van der Waals surface area contributed by atoms with E-state index in [9.17, 15) is 0 Å².